The van der Waals surface area contributed by atoms with E-state index < -0.39 is 0 Å². The van der Waals surface area contributed by atoms with Gasteiger partial charge in [-0.1, -0.05) is 194 Å². The fourth-order valence-corrected chi connectivity index (χ4v) is 13.8. The van der Waals surface area contributed by atoms with E-state index in [0.29, 0.717) is 33.5 Å². The molecule has 0 unspecified atom stereocenters. The number of nitriles is 2. The Morgan fingerprint density at radius 1 is 0.244 bits per heavy atom. The highest BCUT2D eigenvalue weighted by atomic mass is 16.3. The summed E-state index contributed by atoms with van der Waals surface area (Å²) in [5.41, 5.74) is 15.4. The third-order valence-electron chi connectivity index (χ3n) is 17.5. The van der Waals surface area contributed by atoms with E-state index >= 15 is 0 Å². The topological polar surface area (TPSA) is 107 Å². The lowest BCUT2D eigenvalue weighted by atomic mass is 9.85. The van der Waals surface area contributed by atoms with Crippen LogP contribution in [0.1, 0.15) is 11.1 Å². The fourth-order valence-electron chi connectivity index (χ4n) is 13.8. The molecule has 0 aliphatic carbocycles. The Bertz CT molecular complexity index is 5590. The maximum absolute atomic E-state index is 10.5. The number of anilines is 6. The molecule has 0 bridgehead atoms. The van der Waals surface area contributed by atoms with E-state index in [1.165, 1.54) is 0 Å². The van der Waals surface area contributed by atoms with Gasteiger partial charge in [0.05, 0.1) is 45.3 Å². The van der Waals surface area contributed by atoms with Crippen molar-refractivity contribution in [1.29, 1.82) is 10.5 Å². The Labute approximate surface area is 489 Å². The van der Waals surface area contributed by atoms with Gasteiger partial charge in [-0.3, -0.25) is 0 Å². The van der Waals surface area contributed by atoms with Gasteiger partial charge in [0.15, 0.2) is 33.5 Å². The van der Waals surface area contributed by atoms with Crippen molar-refractivity contribution in [2.45, 2.75) is 0 Å². The average Bonchev–Trinajstić information content (AvgIpc) is 0.823. The van der Waals surface area contributed by atoms with Crippen molar-refractivity contribution in [3.63, 3.8) is 0 Å². The monoisotopic (exact) mass is 1100 g/mol. The van der Waals surface area contributed by atoms with Crippen LogP contribution in [0.5, 0.6) is 0 Å². The van der Waals surface area contributed by atoms with Gasteiger partial charge in [-0.15, -0.1) is 0 Å². The normalized spacial score (nSPS) is 11.9. The summed E-state index contributed by atoms with van der Waals surface area (Å²) in [6.45, 7) is 0. The van der Waals surface area contributed by atoms with Crippen LogP contribution in [0.25, 0.3) is 142 Å². The van der Waals surface area contributed by atoms with Crippen LogP contribution < -0.4 is 9.80 Å². The van der Waals surface area contributed by atoms with E-state index in [-0.39, 0.29) is 0 Å². The second-order valence-corrected chi connectivity index (χ2v) is 22.0. The lowest BCUT2D eigenvalue weighted by molar-refractivity contribution is 0.665. The van der Waals surface area contributed by atoms with Crippen molar-refractivity contribution in [2.24, 2.45) is 0 Å². The first-order valence-corrected chi connectivity index (χ1v) is 28.6. The number of fused-ring (bicyclic) bond motifs is 12. The maximum atomic E-state index is 10.5. The smallest absolute Gasteiger partial charge is 0.159 e. The zero-order valence-corrected chi connectivity index (χ0v) is 45.7. The van der Waals surface area contributed by atoms with Crippen LogP contribution in [-0.4, -0.2) is 0 Å². The van der Waals surface area contributed by atoms with Gasteiger partial charge in [-0.2, -0.15) is 10.5 Å². The molecular weight excluding hydrogens is 1060 g/mol. The van der Waals surface area contributed by atoms with Crippen molar-refractivity contribution >= 4 is 154 Å². The van der Waals surface area contributed by atoms with Crippen molar-refractivity contribution in [1.82, 2.24) is 0 Å². The van der Waals surface area contributed by atoms with E-state index in [9.17, 15) is 10.5 Å². The Morgan fingerprint density at radius 2 is 0.558 bits per heavy atom. The van der Waals surface area contributed by atoms with Crippen LogP contribution in [0.4, 0.5) is 34.1 Å². The molecule has 8 nitrogen and oxygen atoms in total. The number of rotatable bonds is 8. The summed E-state index contributed by atoms with van der Waals surface area (Å²) in [5, 5.41) is 34.6. The number of nitrogens with zero attached hydrogens (tertiary/aromatic N) is 4. The summed E-state index contributed by atoms with van der Waals surface area (Å²) >= 11 is 0. The van der Waals surface area contributed by atoms with Gasteiger partial charge < -0.3 is 27.5 Å². The summed E-state index contributed by atoms with van der Waals surface area (Å²) in [4.78, 5) is 4.62. The fraction of sp³-hybridized carbons (Fsp3) is 0. The molecule has 0 atom stereocenters. The summed E-state index contributed by atoms with van der Waals surface area (Å²) < 4.78 is 28.0. The van der Waals surface area contributed by atoms with E-state index in [0.717, 1.165) is 154 Å². The number of para-hydroxylation sites is 8. The molecule has 0 aliphatic rings. The molecule has 4 heterocycles. The van der Waals surface area contributed by atoms with Crippen LogP contribution in [0.3, 0.4) is 0 Å². The average molecular weight is 1100 g/mol. The van der Waals surface area contributed by atoms with E-state index in [1.807, 2.05) is 60.7 Å². The minimum Gasteiger partial charge on any atom is -0.454 e. The predicted octanol–water partition coefficient (Wildman–Crippen LogP) is 22.2. The first kappa shape index (κ1) is 47.5. The van der Waals surface area contributed by atoms with Crippen molar-refractivity contribution in [3.05, 3.63) is 266 Å². The van der Waals surface area contributed by atoms with E-state index in [2.05, 4.69) is 216 Å². The first-order valence-electron chi connectivity index (χ1n) is 28.6. The Balaban J connectivity index is 1.02. The molecule has 0 spiro atoms. The molecule has 0 saturated heterocycles. The molecule has 8 heteroatoms. The second-order valence-electron chi connectivity index (χ2n) is 22.0. The third kappa shape index (κ3) is 6.72. The van der Waals surface area contributed by atoms with Gasteiger partial charge in [-0.25, -0.2) is 0 Å². The molecule has 0 saturated carbocycles. The largest absolute Gasteiger partial charge is 0.454 e. The minimum absolute atomic E-state index is 0.462. The van der Waals surface area contributed by atoms with Crippen molar-refractivity contribution < 1.29 is 17.7 Å². The van der Waals surface area contributed by atoms with Crippen LogP contribution in [0.15, 0.2) is 272 Å². The Kier molecular flexibility index (Phi) is 10.1. The molecule has 0 fully saturated rings. The number of hydrogen-bond acceptors (Lipinski definition) is 8. The molecule has 18 rings (SSSR count). The van der Waals surface area contributed by atoms with Crippen LogP contribution in [0.2, 0.25) is 0 Å². The molecular formula is C78H42N4O4. The number of benzene rings is 14. The summed E-state index contributed by atoms with van der Waals surface area (Å²) in [5.74, 6) is 0. The second kappa shape index (κ2) is 18.2. The first-order chi connectivity index (χ1) is 42.6. The standard InChI is InChI=1S/C78H42N4O4/c79-43-47-21-11-25-55-57-29-15-33-65(77(57)85-73(47)55)81(63-31-13-27-53-49-23-7-9-35-69(49)83-75(53)63)67-41-61(45-17-3-1-4-18-45)51-37-39-60-68(42-62(46-19-5-2-6-20-46)52-38-40-59(67)71(51)72(52)60)82(64-32-14-28-54-50-24-8-10-36-70(50)84-76(54)64)66-34-16-30-58-56-26-12-22-48(44-80)74(56)86-78(58)66/h1-42H. The minimum atomic E-state index is 0.462. The molecule has 0 radical (unpaired) electrons. The van der Waals surface area contributed by atoms with Gasteiger partial charge in [0, 0.05) is 64.6 Å². The maximum Gasteiger partial charge on any atom is 0.159 e. The van der Waals surface area contributed by atoms with Crippen LogP contribution >= 0.6 is 0 Å². The van der Waals surface area contributed by atoms with Crippen LogP contribution in [-0.2, 0) is 0 Å². The summed E-state index contributed by atoms with van der Waals surface area (Å²) in [7, 11) is 0. The summed E-state index contributed by atoms with van der Waals surface area (Å²) in [6.07, 6.45) is 0. The Morgan fingerprint density at radius 3 is 0.953 bits per heavy atom. The van der Waals surface area contributed by atoms with Gasteiger partial charge in [0.1, 0.15) is 23.3 Å². The quantitative estimate of drug-likeness (QED) is 0.139. The van der Waals surface area contributed by atoms with Gasteiger partial charge >= 0.3 is 0 Å². The van der Waals surface area contributed by atoms with E-state index in [1.54, 1.807) is 0 Å². The molecule has 0 amide bonds. The van der Waals surface area contributed by atoms with Crippen LogP contribution in [0, 0.1) is 22.7 Å². The van der Waals surface area contributed by atoms with Gasteiger partial charge in [0.25, 0.3) is 0 Å². The molecule has 86 heavy (non-hydrogen) atoms. The molecule has 18 aromatic rings. The van der Waals surface area contributed by atoms with E-state index in [4.69, 9.17) is 17.7 Å². The highest BCUT2D eigenvalue weighted by molar-refractivity contribution is 6.33. The zero-order chi connectivity index (χ0) is 56.7. The van der Waals surface area contributed by atoms with Crippen molar-refractivity contribution in [2.75, 3.05) is 9.80 Å². The zero-order valence-electron chi connectivity index (χ0n) is 45.7. The molecule has 14 aromatic carbocycles. The highest BCUT2D eigenvalue weighted by Crippen LogP contribution is 2.56. The Hall–Kier alpha value is -12.1. The number of furan rings is 4. The lowest BCUT2D eigenvalue weighted by Crippen LogP contribution is -2.13. The lowest BCUT2D eigenvalue weighted by Gasteiger charge is -2.31. The third-order valence-corrected chi connectivity index (χ3v) is 17.5. The predicted molar refractivity (Wildman–Crippen MR) is 349 cm³/mol. The molecule has 398 valence electrons. The summed E-state index contributed by atoms with van der Waals surface area (Å²) in [6, 6.07) is 93.0. The molecule has 4 aromatic heterocycles. The van der Waals surface area contributed by atoms with Crippen molar-refractivity contribution in [3.8, 4) is 34.4 Å². The van der Waals surface area contributed by atoms with Gasteiger partial charge in [-0.05, 0) is 93.7 Å². The SMILES string of the molecule is N#Cc1cccc2c1oc1c(N(c3cc(-c4ccccc4)c4ccc5c(N(c6cccc7c6oc6ccccc67)c6cccc7c6oc6c(C#N)cccc67)cc(-c6ccccc6)c6ccc3c4c65)c3cccc4c3oc3ccccc34)cccc12. The number of hydrogen-bond donors (Lipinski definition) is 0. The van der Waals surface area contributed by atoms with Gasteiger partial charge in [0.2, 0.25) is 0 Å². The molecule has 0 aliphatic heterocycles. The molecule has 0 N–H and O–H groups in total. The highest BCUT2D eigenvalue weighted by Gasteiger charge is 2.31.